The zero-order chi connectivity index (χ0) is 12.9. The molecule has 17 heavy (non-hydrogen) atoms. The van der Waals surface area contributed by atoms with E-state index in [4.69, 9.17) is 4.74 Å². The van der Waals surface area contributed by atoms with Crippen molar-refractivity contribution >= 4 is 0 Å². The molecule has 0 atom stereocenters. The summed E-state index contributed by atoms with van der Waals surface area (Å²) in [6.45, 7) is 11.2. The van der Waals surface area contributed by atoms with Crippen molar-refractivity contribution in [2.24, 2.45) is 5.92 Å². The molecule has 0 amide bonds. The fourth-order valence-electron chi connectivity index (χ4n) is 1.95. The lowest BCUT2D eigenvalue weighted by atomic mass is 10.1. The first-order chi connectivity index (χ1) is 8.16. The van der Waals surface area contributed by atoms with Crippen LogP contribution in [0.3, 0.4) is 0 Å². The lowest BCUT2D eigenvalue weighted by molar-refractivity contribution is 0.123. The summed E-state index contributed by atoms with van der Waals surface area (Å²) in [5.41, 5.74) is 0. The van der Waals surface area contributed by atoms with Gasteiger partial charge in [0.2, 0.25) is 0 Å². The first kappa shape index (κ1) is 16.9. The second kappa shape index (κ2) is 12.4. The van der Waals surface area contributed by atoms with Gasteiger partial charge in [0.25, 0.3) is 0 Å². The number of nitrogens with zero attached hydrogens (tertiary/aromatic N) is 1. The van der Waals surface area contributed by atoms with E-state index >= 15 is 0 Å². The van der Waals surface area contributed by atoms with Crippen LogP contribution in [0.25, 0.3) is 0 Å². The third-order valence-electron chi connectivity index (χ3n) is 3.00. The summed E-state index contributed by atoms with van der Waals surface area (Å²) in [7, 11) is 2.21. The van der Waals surface area contributed by atoms with Crippen LogP contribution in [0.15, 0.2) is 0 Å². The maximum atomic E-state index is 5.62. The lowest BCUT2D eigenvalue weighted by Gasteiger charge is -2.14. The smallest absolute Gasteiger partial charge is 0.0466 e. The molecule has 0 aliphatic rings. The minimum atomic E-state index is 0.813. The van der Waals surface area contributed by atoms with Gasteiger partial charge < -0.3 is 9.64 Å². The Labute approximate surface area is 109 Å². The van der Waals surface area contributed by atoms with Gasteiger partial charge >= 0.3 is 0 Å². The van der Waals surface area contributed by atoms with Crippen molar-refractivity contribution in [1.29, 1.82) is 0 Å². The molecule has 0 saturated carbocycles. The van der Waals surface area contributed by atoms with Gasteiger partial charge in [-0.1, -0.05) is 20.8 Å². The number of unbranched alkanes of at least 4 members (excludes halogenated alkanes) is 2. The molecule has 0 rings (SSSR count). The predicted molar refractivity (Wildman–Crippen MR) is 76.5 cm³/mol. The van der Waals surface area contributed by atoms with Crippen LogP contribution in [0, 0.1) is 5.92 Å². The van der Waals surface area contributed by atoms with Crippen molar-refractivity contribution in [3.05, 3.63) is 0 Å². The second-order valence-electron chi connectivity index (χ2n) is 5.51. The van der Waals surface area contributed by atoms with Crippen LogP contribution in [0.4, 0.5) is 0 Å². The quantitative estimate of drug-likeness (QED) is 0.481. The van der Waals surface area contributed by atoms with E-state index in [1.807, 2.05) is 0 Å². The first-order valence-corrected chi connectivity index (χ1v) is 7.43. The van der Waals surface area contributed by atoms with Gasteiger partial charge in [0.15, 0.2) is 0 Å². The van der Waals surface area contributed by atoms with Crippen LogP contribution in [0.1, 0.15) is 59.3 Å². The van der Waals surface area contributed by atoms with Gasteiger partial charge in [-0.3, -0.25) is 0 Å². The molecular weight excluding hydrogens is 210 g/mol. The maximum Gasteiger partial charge on any atom is 0.0466 e. The molecule has 0 aromatic rings. The third-order valence-corrected chi connectivity index (χ3v) is 3.00. The summed E-state index contributed by atoms with van der Waals surface area (Å²) in [6.07, 6.45) is 7.61. The number of hydrogen-bond acceptors (Lipinski definition) is 2. The van der Waals surface area contributed by atoms with E-state index in [1.54, 1.807) is 0 Å². The van der Waals surface area contributed by atoms with Crippen LogP contribution < -0.4 is 0 Å². The van der Waals surface area contributed by atoms with Crippen LogP contribution >= 0.6 is 0 Å². The highest BCUT2D eigenvalue weighted by Gasteiger charge is 1.97. The summed E-state index contributed by atoms with van der Waals surface area (Å²) in [4.78, 5) is 2.42. The van der Waals surface area contributed by atoms with Crippen molar-refractivity contribution in [3.8, 4) is 0 Å². The monoisotopic (exact) mass is 243 g/mol. The zero-order valence-corrected chi connectivity index (χ0v) is 12.5. The van der Waals surface area contributed by atoms with Crippen molar-refractivity contribution in [1.82, 2.24) is 4.90 Å². The Hall–Kier alpha value is -0.0800. The minimum absolute atomic E-state index is 0.813. The molecular formula is C15H33NO. The van der Waals surface area contributed by atoms with Crippen LogP contribution in [0.2, 0.25) is 0 Å². The Morgan fingerprint density at radius 2 is 1.65 bits per heavy atom. The molecule has 0 heterocycles. The molecule has 0 aliphatic heterocycles. The fourth-order valence-corrected chi connectivity index (χ4v) is 1.95. The van der Waals surface area contributed by atoms with Gasteiger partial charge in [-0.15, -0.1) is 0 Å². The van der Waals surface area contributed by atoms with E-state index in [2.05, 4.69) is 32.7 Å². The fraction of sp³-hybridized carbons (Fsp3) is 1.00. The Kier molecular flexibility index (Phi) is 12.3. The summed E-state index contributed by atoms with van der Waals surface area (Å²) in [5.74, 6) is 0.813. The minimum Gasteiger partial charge on any atom is -0.381 e. The Bertz CT molecular complexity index is 148. The number of hydrogen-bond donors (Lipinski definition) is 0. The van der Waals surface area contributed by atoms with Gasteiger partial charge in [-0.05, 0) is 64.6 Å². The molecule has 0 spiro atoms. The highest BCUT2D eigenvalue weighted by Crippen LogP contribution is 2.04. The first-order valence-electron chi connectivity index (χ1n) is 7.43. The molecule has 0 N–H and O–H groups in total. The van der Waals surface area contributed by atoms with Gasteiger partial charge in [0, 0.05) is 13.2 Å². The molecule has 0 aliphatic carbocycles. The molecule has 2 nitrogen and oxygen atoms in total. The Balaban J connectivity index is 3.03. The number of ether oxygens (including phenoxy) is 1. The van der Waals surface area contributed by atoms with E-state index in [0.717, 1.165) is 19.1 Å². The predicted octanol–water partition coefficient (Wildman–Crippen LogP) is 3.95. The zero-order valence-electron chi connectivity index (χ0n) is 12.5. The van der Waals surface area contributed by atoms with Crippen LogP contribution in [-0.2, 0) is 4.74 Å². The molecule has 0 unspecified atom stereocenters. The van der Waals surface area contributed by atoms with E-state index in [0.29, 0.717) is 0 Å². The Morgan fingerprint density at radius 1 is 0.941 bits per heavy atom. The van der Waals surface area contributed by atoms with Gasteiger partial charge in [0.1, 0.15) is 0 Å². The van der Waals surface area contributed by atoms with E-state index in [-0.39, 0.29) is 0 Å². The summed E-state index contributed by atoms with van der Waals surface area (Å²) in [6, 6.07) is 0. The molecule has 0 aromatic carbocycles. The average Bonchev–Trinajstić information content (AvgIpc) is 2.27. The van der Waals surface area contributed by atoms with Crippen molar-refractivity contribution in [2.75, 3.05) is 33.4 Å². The normalized spacial score (nSPS) is 11.6. The third kappa shape index (κ3) is 13.9. The Morgan fingerprint density at radius 3 is 2.29 bits per heavy atom. The van der Waals surface area contributed by atoms with Gasteiger partial charge in [0.05, 0.1) is 0 Å². The molecule has 0 radical (unpaired) electrons. The lowest BCUT2D eigenvalue weighted by Crippen LogP contribution is -2.20. The van der Waals surface area contributed by atoms with Gasteiger partial charge in [-0.25, -0.2) is 0 Å². The molecule has 104 valence electrons. The molecule has 0 bridgehead atoms. The van der Waals surface area contributed by atoms with Crippen LogP contribution in [-0.4, -0.2) is 38.3 Å². The van der Waals surface area contributed by atoms with E-state index in [1.165, 1.54) is 51.6 Å². The second-order valence-corrected chi connectivity index (χ2v) is 5.51. The molecule has 0 aromatic heterocycles. The highest BCUT2D eigenvalue weighted by atomic mass is 16.5. The molecule has 0 saturated heterocycles. The standard InChI is InChI=1S/C15H33NO/c1-5-11-16(4)12-7-6-8-13-17-14-9-10-15(2)3/h15H,5-14H2,1-4H3. The molecule has 2 heteroatoms. The van der Waals surface area contributed by atoms with Crippen molar-refractivity contribution in [2.45, 2.75) is 59.3 Å². The molecule has 0 fully saturated rings. The largest absolute Gasteiger partial charge is 0.381 e. The maximum absolute atomic E-state index is 5.62. The van der Waals surface area contributed by atoms with Gasteiger partial charge in [-0.2, -0.15) is 0 Å². The van der Waals surface area contributed by atoms with E-state index in [9.17, 15) is 0 Å². The summed E-state index contributed by atoms with van der Waals surface area (Å²) >= 11 is 0. The number of rotatable bonds is 12. The summed E-state index contributed by atoms with van der Waals surface area (Å²) < 4.78 is 5.62. The summed E-state index contributed by atoms with van der Waals surface area (Å²) in [5, 5.41) is 0. The highest BCUT2D eigenvalue weighted by molar-refractivity contribution is 4.51. The van der Waals surface area contributed by atoms with Crippen LogP contribution in [0.5, 0.6) is 0 Å². The van der Waals surface area contributed by atoms with Crippen molar-refractivity contribution < 1.29 is 4.74 Å². The topological polar surface area (TPSA) is 12.5 Å². The SMILES string of the molecule is CCCN(C)CCCCCOCCCC(C)C. The average molecular weight is 243 g/mol. The van der Waals surface area contributed by atoms with Crippen molar-refractivity contribution in [3.63, 3.8) is 0 Å². The van der Waals surface area contributed by atoms with E-state index < -0.39 is 0 Å².